The molecule has 0 heterocycles. The van der Waals surface area contributed by atoms with Gasteiger partial charge in [0, 0.05) is 11.1 Å². The molecular weight excluding hydrogens is 340 g/mol. The van der Waals surface area contributed by atoms with Crippen molar-refractivity contribution in [3.8, 4) is 0 Å². The highest BCUT2D eigenvalue weighted by Gasteiger charge is 2.60. The van der Waals surface area contributed by atoms with E-state index < -0.39 is 0 Å². The molecule has 0 aromatic heterocycles. The minimum Gasteiger partial charge on any atom is -0.466 e. The van der Waals surface area contributed by atoms with E-state index in [1.165, 1.54) is 0 Å². The number of carbonyl (C=O) groups excluding carboxylic acids is 2. The van der Waals surface area contributed by atoms with Crippen LogP contribution in [0.4, 0.5) is 0 Å². The maximum atomic E-state index is 12.8. The highest BCUT2D eigenvalue weighted by Crippen LogP contribution is 2.58. The van der Waals surface area contributed by atoms with Gasteiger partial charge in [0.1, 0.15) is 0 Å². The van der Waals surface area contributed by atoms with Gasteiger partial charge in [-0.2, -0.15) is 0 Å². The van der Waals surface area contributed by atoms with Crippen molar-refractivity contribution in [1.29, 1.82) is 0 Å². The number of amides is 1. The largest absolute Gasteiger partial charge is 0.466 e. The molecule has 140 valence electrons. The van der Waals surface area contributed by atoms with E-state index in [-0.39, 0.29) is 29.6 Å². The standard InChI is InChI=1S/C22H24N2O3/c1-3-27-20(25)14-16(2)23-24-21(26)19-15-22(19,17-10-6-4-7-11-17)18-12-8-5-9-13-18/h4-13,19,23H,2-3,14-15H2,1H3,(H,24,26)/t19-/m1/s1. The summed E-state index contributed by atoms with van der Waals surface area (Å²) in [5, 5.41) is 0. The average molecular weight is 364 g/mol. The SMILES string of the molecule is C=C(CC(=O)OCC)NNC(=O)[C@H]1CC1(c1ccccc1)c1ccccc1. The van der Waals surface area contributed by atoms with E-state index in [0.717, 1.165) is 17.5 Å². The number of hydrazine groups is 1. The number of hydrogen-bond acceptors (Lipinski definition) is 4. The van der Waals surface area contributed by atoms with Gasteiger partial charge in [-0.3, -0.25) is 15.0 Å². The Bertz CT molecular complexity index is 778. The monoisotopic (exact) mass is 364 g/mol. The summed E-state index contributed by atoms with van der Waals surface area (Å²) < 4.78 is 4.88. The van der Waals surface area contributed by atoms with Crippen LogP contribution in [-0.2, 0) is 19.7 Å². The molecule has 1 fully saturated rings. The molecule has 3 rings (SSSR count). The first-order valence-electron chi connectivity index (χ1n) is 9.08. The van der Waals surface area contributed by atoms with Gasteiger partial charge >= 0.3 is 5.97 Å². The van der Waals surface area contributed by atoms with Gasteiger partial charge in [-0.25, -0.2) is 0 Å². The molecule has 0 unspecified atom stereocenters. The molecule has 5 nitrogen and oxygen atoms in total. The number of hydrogen-bond donors (Lipinski definition) is 2. The lowest BCUT2D eigenvalue weighted by Gasteiger charge is -2.19. The zero-order chi connectivity index (χ0) is 19.3. The lowest BCUT2D eigenvalue weighted by Crippen LogP contribution is -2.39. The van der Waals surface area contributed by atoms with Crippen molar-refractivity contribution in [2.24, 2.45) is 5.92 Å². The molecule has 1 atom stereocenters. The van der Waals surface area contributed by atoms with Crippen LogP contribution in [0, 0.1) is 5.92 Å². The number of carbonyl (C=O) groups is 2. The van der Waals surface area contributed by atoms with E-state index in [0.29, 0.717) is 12.3 Å². The van der Waals surface area contributed by atoms with Gasteiger partial charge in [-0.05, 0) is 24.5 Å². The van der Waals surface area contributed by atoms with Crippen LogP contribution in [0.15, 0.2) is 72.9 Å². The summed E-state index contributed by atoms with van der Waals surface area (Å²) in [5.41, 5.74) is 7.76. The molecule has 0 spiro atoms. The van der Waals surface area contributed by atoms with Crippen molar-refractivity contribution in [2.45, 2.75) is 25.2 Å². The van der Waals surface area contributed by atoms with Crippen LogP contribution in [0.2, 0.25) is 0 Å². The van der Waals surface area contributed by atoms with E-state index in [2.05, 4.69) is 41.7 Å². The van der Waals surface area contributed by atoms with Crippen molar-refractivity contribution >= 4 is 11.9 Å². The predicted molar refractivity (Wildman–Crippen MR) is 103 cm³/mol. The van der Waals surface area contributed by atoms with Crippen LogP contribution in [0.5, 0.6) is 0 Å². The van der Waals surface area contributed by atoms with Crippen LogP contribution < -0.4 is 10.9 Å². The second-order valence-corrected chi connectivity index (χ2v) is 6.66. The molecule has 2 N–H and O–H groups in total. The summed E-state index contributed by atoms with van der Waals surface area (Å²) in [4.78, 5) is 24.2. The first-order valence-corrected chi connectivity index (χ1v) is 9.08. The third-order valence-electron chi connectivity index (χ3n) is 4.88. The molecule has 1 amide bonds. The smallest absolute Gasteiger partial charge is 0.311 e. The molecule has 2 aromatic carbocycles. The Kier molecular flexibility index (Phi) is 5.60. The first-order chi connectivity index (χ1) is 13.1. The highest BCUT2D eigenvalue weighted by molar-refractivity contribution is 5.85. The number of ether oxygens (including phenoxy) is 1. The Labute approximate surface area is 159 Å². The van der Waals surface area contributed by atoms with Crippen molar-refractivity contribution in [2.75, 3.05) is 6.61 Å². The second kappa shape index (κ2) is 8.08. The first kappa shape index (κ1) is 18.7. The van der Waals surface area contributed by atoms with Crippen molar-refractivity contribution in [1.82, 2.24) is 10.9 Å². The van der Waals surface area contributed by atoms with E-state index in [1.807, 2.05) is 36.4 Å². The summed E-state index contributed by atoms with van der Waals surface area (Å²) in [5.74, 6) is -0.684. The lowest BCUT2D eigenvalue weighted by molar-refractivity contribution is -0.142. The van der Waals surface area contributed by atoms with Gasteiger partial charge in [-0.15, -0.1) is 0 Å². The summed E-state index contributed by atoms with van der Waals surface area (Å²) in [6.45, 7) is 5.82. The second-order valence-electron chi connectivity index (χ2n) is 6.66. The molecule has 0 radical (unpaired) electrons. The fourth-order valence-corrected chi connectivity index (χ4v) is 3.52. The minimum atomic E-state index is -0.376. The summed E-state index contributed by atoms with van der Waals surface area (Å²) in [7, 11) is 0. The van der Waals surface area contributed by atoms with Gasteiger partial charge in [0.15, 0.2) is 0 Å². The predicted octanol–water partition coefficient (Wildman–Crippen LogP) is 3.08. The van der Waals surface area contributed by atoms with Crippen molar-refractivity contribution < 1.29 is 14.3 Å². The fourth-order valence-electron chi connectivity index (χ4n) is 3.52. The van der Waals surface area contributed by atoms with E-state index in [9.17, 15) is 9.59 Å². The zero-order valence-electron chi connectivity index (χ0n) is 15.4. The van der Waals surface area contributed by atoms with Crippen LogP contribution in [0.1, 0.15) is 30.9 Å². The Hall–Kier alpha value is -3.08. The zero-order valence-corrected chi connectivity index (χ0v) is 15.4. The molecule has 5 heteroatoms. The minimum absolute atomic E-state index is 0.0152. The van der Waals surface area contributed by atoms with E-state index in [1.54, 1.807) is 6.92 Å². The van der Waals surface area contributed by atoms with Gasteiger partial charge < -0.3 is 10.2 Å². The Balaban J connectivity index is 1.69. The summed E-state index contributed by atoms with van der Waals surface area (Å²) in [6, 6.07) is 20.2. The van der Waals surface area contributed by atoms with E-state index >= 15 is 0 Å². The molecule has 1 saturated carbocycles. The average Bonchev–Trinajstić information content (AvgIpc) is 3.45. The third kappa shape index (κ3) is 4.03. The molecular formula is C22H24N2O3. The Morgan fingerprint density at radius 2 is 1.59 bits per heavy atom. The highest BCUT2D eigenvalue weighted by atomic mass is 16.5. The third-order valence-corrected chi connectivity index (χ3v) is 4.88. The van der Waals surface area contributed by atoms with Crippen LogP contribution in [0.25, 0.3) is 0 Å². The summed E-state index contributed by atoms with van der Waals surface area (Å²) in [6.07, 6.45) is 0.750. The molecule has 0 aliphatic heterocycles. The molecule has 27 heavy (non-hydrogen) atoms. The maximum Gasteiger partial charge on any atom is 0.311 e. The Morgan fingerprint density at radius 1 is 1.04 bits per heavy atom. The molecule has 1 aliphatic carbocycles. The van der Waals surface area contributed by atoms with Gasteiger partial charge in [0.05, 0.1) is 18.9 Å². The topological polar surface area (TPSA) is 67.4 Å². The molecule has 2 aromatic rings. The number of rotatable bonds is 8. The van der Waals surface area contributed by atoms with Crippen LogP contribution in [-0.4, -0.2) is 18.5 Å². The van der Waals surface area contributed by atoms with Gasteiger partial charge in [0.2, 0.25) is 5.91 Å². The number of nitrogens with one attached hydrogen (secondary N) is 2. The van der Waals surface area contributed by atoms with E-state index in [4.69, 9.17) is 4.74 Å². The quantitative estimate of drug-likeness (QED) is 0.558. The van der Waals surface area contributed by atoms with Crippen LogP contribution in [0.3, 0.4) is 0 Å². The van der Waals surface area contributed by atoms with Crippen LogP contribution >= 0.6 is 0 Å². The normalized spacial score (nSPS) is 16.9. The lowest BCUT2D eigenvalue weighted by atomic mass is 9.85. The van der Waals surface area contributed by atoms with Gasteiger partial charge in [0.25, 0.3) is 0 Å². The van der Waals surface area contributed by atoms with Crippen molar-refractivity contribution in [3.63, 3.8) is 0 Å². The number of benzene rings is 2. The van der Waals surface area contributed by atoms with Crippen molar-refractivity contribution in [3.05, 3.63) is 84.1 Å². The molecule has 1 aliphatic rings. The van der Waals surface area contributed by atoms with Gasteiger partial charge in [-0.1, -0.05) is 67.2 Å². The summed E-state index contributed by atoms with van der Waals surface area (Å²) >= 11 is 0. The number of esters is 1. The Morgan fingerprint density at radius 3 is 2.11 bits per heavy atom. The molecule has 0 bridgehead atoms. The maximum absolute atomic E-state index is 12.8. The molecule has 0 saturated heterocycles. The fraction of sp³-hybridized carbons (Fsp3) is 0.273.